The molecular weight excluding hydrogens is 482 g/mol. The van der Waals surface area contributed by atoms with Crippen LogP contribution in [0.2, 0.25) is 5.02 Å². The van der Waals surface area contributed by atoms with Gasteiger partial charge in [-0.2, -0.15) is 5.10 Å². The van der Waals surface area contributed by atoms with Gasteiger partial charge in [0, 0.05) is 16.5 Å². The van der Waals surface area contributed by atoms with Crippen LogP contribution in [-0.2, 0) is 0 Å². The Balaban J connectivity index is 1.50. The Morgan fingerprint density at radius 3 is 2.64 bits per heavy atom. The monoisotopic (exact) mass is 501 g/mol. The molecule has 0 aliphatic heterocycles. The lowest BCUT2D eigenvalue weighted by Gasteiger charge is -2.07. The number of hydrogen-bond donors (Lipinski definition) is 3. The zero-order chi connectivity index (χ0) is 25.4. The maximum absolute atomic E-state index is 13.4. The number of methoxy groups -OCH3 is 1. The van der Waals surface area contributed by atoms with Crippen LogP contribution in [0.15, 0.2) is 71.1 Å². The van der Waals surface area contributed by atoms with Crippen molar-refractivity contribution in [3.05, 3.63) is 94.3 Å². The van der Waals surface area contributed by atoms with Gasteiger partial charge < -0.3 is 19.6 Å². The van der Waals surface area contributed by atoms with Gasteiger partial charge in [0.05, 0.1) is 23.5 Å². The predicted octanol–water partition coefficient (Wildman–Crippen LogP) is 5.98. The lowest BCUT2D eigenvalue weighted by atomic mass is 10.1. The number of halogens is 1. The second kappa shape index (κ2) is 9.24. The van der Waals surface area contributed by atoms with Crippen LogP contribution in [0.25, 0.3) is 22.2 Å². The topological polar surface area (TPSA) is 117 Å². The molecule has 1 amide bonds. The molecule has 36 heavy (non-hydrogen) atoms. The third-order valence-corrected chi connectivity index (χ3v) is 6.00. The molecule has 0 aliphatic rings. The van der Waals surface area contributed by atoms with Gasteiger partial charge in [0.25, 0.3) is 5.91 Å². The van der Waals surface area contributed by atoms with Gasteiger partial charge in [-0.05, 0) is 61.0 Å². The minimum Gasteiger partial charge on any atom is -0.507 e. The summed E-state index contributed by atoms with van der Waals surface area (Å²) in [6, 6.07) is 18.3. The van der Waals surface area contributed by atoms with Gasteiger partial charge in [0.1, 0.15) is 22.8 Å². The van der Waals surface area contributed by atoms with Crippen LogP contribution in [-0.4, -0.2) is 34.1 Å². The number of aryl methyl sites for hydroxylation is 1. The number of phenols is 1. The summed E-state index contributed by atoms with van der Waals surface area (Å²) in [6.45, 7) is 1.86. The number of phenolic OH excluding ortho intramolecular Hbond substituents is 1. The van der Waals surface area contributed by atoms with E-state index in [0.717, 1.165) is 5.56 Å². The van der Waals surface area contributed by atoms with Crippen LogP contribution in [0.1, 0.15) is 32.2 Å². The van der Waals surface area contributed by atoms with Crippen molar-refractivity contribution < 1.29 is 23.8 Å². The van der Waals surface area contributed by atoms with Crippen molar-refractivity contribution >= 4 is 39.9 Å². The molecule has 0 saturated carbocycles. The van der Waals surface area contributed by atoms with E-state index in [-0.39, 0.29) is 33.5 Å². The quantitative estimate of drug-likeness (QED) is 0.246. The fraction of sp³-hybridized carbons (Fsp3) is 0.0741. The van der Waals surface area contributed by atoms with E-state index in [1.165, 1.54) is 19.2 Å². The van der Waals surface area contributed by atoms with Crippen molar-refractivity contribution in [1.29, 1.82) is 0 Å². The standard InChI is InChI=1S/C27H20ClN3O5/c1-14-7-9-16(21(32)11-14)19-13-20(31-30-19)27(34)29-24-17-5-3-4-6-22(17)36-26(24)25(33)15-8-10-23(35-2)18(28)12-15/h3-13,32H,1-2H3,(H,29,34)(H,30,31). The highest BCUT2D eigenvalue weighted by atomic mass is 35.5. The van der Waals surface area contributed by atoms with Gasteiger partial charge in [0.2, 0.25) is 5.78 Å². The number of hydrogen-bond acceptors (Lipinski definition) is 6. The summed E-state index contributed by atoms with van der Waals surface area (Å²) in [6.07, 6.45) is 0. The van der Waals surface area contributed by atoms with E-state index in [1.54, 1.807) is 48.5 Å². The normalized spacial score (nSPS) is 11.0. The third kappa shape index (κ3) is 4.18. The number of ether oxygens (including phenoxy) is 1. The molecule has 0 radical (unpaired) electrons. The van der Waals surface area contributed by atoms with Crippen molar-refractivity contribution in [2.24, 2.45) is 0 Å². The number of anilines is 1. The highest BCUT2D eigenvalue weighted by molar-refractivity contribution is 6.32. The fourth-order valence-corrected chi connectivity index (χ4v) is 4.14. The van der Waals surface area contributed by atoms with Gasteiger partial charge in [-0.1, -0.05) is 29.8 Å². The summed E-state index contributed by atoms with van der Waals surface area (Å²) in [4.78, 5) is 26.5. The molecule has 2 heterocycles. The molecule has 180 valence electrons. The number of nitrogens with one attached hydrogen (secondary N) is 2. The Morgan fingerprint density at radius 1 is 1.08 bits per heavy atom. The maximum Gasteiger partial charge on any atom is 0.273 e. The van der Waals surface area contributed by atoms with Crippen molar-refractivity contribution in [2.75, 3.05) is 12.4 Å². The summed E-state index contributed by atoms with van der Waals surface area (Å²) in [5.41, 5.74) is 2.85. The van der Waals surface area contributed by atoms with E-state index < -0.39 is 11.7 Å². The summed E-state index contributed by atoms with van der Waals surface area (Å²) in [7, 11) is 1.48. The van der Waals surface area contributed by atoms with Gasteiger partial charge in [0.15, 0.2) is 5.76 Å². The summed E-state index contributed by atoms with van der Waals surface area (Å²) in [5.74, 6) is -0.544. The van der Waals surface area contributed by atoms with Crippen molar-refractivity contribution in [1.82, 2.24) is 10.2 Å². The van der Waals surface area contributed by atoms with Gasteiger partial charge in [-0.3, -0.25) is 14.7 Å². The van der Waals surface area contributed by atoms with E-state index in [0.29, 0.717) is 28.0 Å². The predicted molar refractivity (Wildman–Crippen MR) is 136 cm³/mol. The van der Waals surface area contributed by atoms with Crippen LogP contribution in [0.3, 0.4) is 0 Å². The van der Waals surface area contributed by atoms with E-state index in [9.17, 15) is 14.7 Å². The lowest BCUT2D eigenvalue weighted by Crippen LogP contribution is -2.14. The highest BCUT2D eigenvalue weighted by Crippen LogP contribution is 2.35. The van der Waals surface area contributed by atoms with Crippen LogP contribution in [0, 0.1) is 6.92 Å². The molecule has 0 saturated heterocycles. The first-order chi connectivity index (χ1) is 17.4. The molecule has 8 nitrogen and oxygen atoms in total. The second-order valence-corrected chi connectivity index (χ2v) is 8.53. The Labute approximate surface area is 210 Å². The number of carbonyl (C=O) groups is 2. The Bertz CT molecular complexity index is 1640. The van der Waals surface area contributed by atoms with Gasteiger partial charge >= 0.3 is 0 Å². The number of amides is 1. The smallest absolute Gasteiger partial charge is 0.273 e. The first-order valence-corrected chi connectivity index (χ1v) is 11.3. The number of carbonyl (C=O) groups excluding carboxylic acids is 2. The zero-order valence-electron chi connectivity index (χ0n) is 19.3. The molecule has 9 heteroatoms. The van der Waals surface area contributed by atoms with Crippen LogP contribution in [0.4, 0.5) is 5.69 Å². The molecule has 2 aromatic heterocycles. The molecule has 3 N–H and O–H groups in total. The molecule has 5 aromatic rings. The van der Waals surface area contributed by atoms with Crippen molar-refractivity contribution in [2.45, 2.75) is 6.92 Å². The second-order valence-electron chi connectivity index (χ2n) is 8.12. The van der Waals surface area contributed by atoms with E-state index in [4.69, 9.17) is 20.8 Å². The van der Waals surface area contributed by atoms with E-state index >= 15 is 0 Å². The van der Waals surface area contributed by atoms with E-state index in [2.05, 4.69) is 15.5 Å². The van der Waals surface area contributed by atoms with Crippen molar-refractivity contribution in [3.8, 4) is 22.8 Å². The van der Waals surface area contributed by atoms with E-state index in [1.807, 2.05) is 13.0 Å². The molecule has 0 atom stereocenters. The lowest BCUT2D eigenvalue weighted by molar-refractivity contribution is 0.101. The molecule has 0 bridgehead atoms. The number of fused-ring (bicyclic) bond motifs is 1. The average molecular weight is 502 g/mol. The largest absolute Gasteiger partial charge is 0.507 e. The molecule has 5 rings (SSSR count). The first-order valence-electron chi connectivity index (χ1n) is 10.9. The van der Waals surface area contributed by atoms with Crippen LogP contribution < -0.4 is 10.1 Å². The molecule has 0 unspecified atom stereocenters. The number of rotatable bonds is 6. The SMILES string of the molecule is COc1ccc(C(=O)c2oc3ccccc3c2NC(=O)c2cc(-c3ccc(C)cc3O)n[nH]2)cc1Cl. The fourth-order valence-electron chi connectivity index (χ4n) is 3.88. The Morgan fingerprint density at radius 2 is 1.89 bits per heavy atom. The molecule has 0 fully saturated rings. The Kier molecular flexibility index (Phi) is 5.95. The number of para-hydroxylation sites is 1. The average Bonchev–Trinajstić information content (AvgIpc) is 3.49. The van der Waals surface area contributed by atoms with Crippen LogP contribution >= 0.6 is 11.6 Å². The summed E-state index contributed by atoms with van der Waals surface area (Å²) >= 11 is 6.21. The minimum atomic E-state index is -0.534. The number of ketones is 1. The summed E-state index contributed by atoms with van der Waals surface area (Å²) < 4.78 is 11.0. The molecule has 3 aromatic carbocycles. The molecule has 0 spiro atoms. The van der Waals surface area contributed by atoms with Gasteiger partial charge in [-0.15, -0.1) is 0 Å². The number of furan rings is 1. The maximum atomic E-state index is 13.4. The minimum absolute atomic E-state index is 0.0401. The van der Waals surface area contributed by atoms with Crippen LogP contribution in [0.5, 0.6) is 11.5 Å². The molecular formula is C27H20ClN3O5. The highest BCUT2D eigenvalue weighted by Gasteiger charge is 2.25. The number of H-pyrrole nitrogens is 1. The number of nitrogens with zero attached hydrogens (tertiary/aromatic N) is 1. The first kappa shape index (κ1) is 23.2. The molecule has 0 aliphatic carbocycles. The number of aromatic hydroxyl groups is 1. The Hall–Kier alpha value is -4.56. The van der Waals surface area contributed by atoms with Crippen molar-refractivity contribution in [3.63, 3.8) is 0 Å². The number of aromatic amines is 1. The third-order valence-electron chi connectivity index (χ3n) is 5.71. The summed E-state index contributed by atoms with van der Waals surface area (Å²) in [5, 5.41) is 20.7. The number of benzene rings is 3. The van der Waals surface area contributed by atoms with Gasteiger partial charge in [-0.25, -0.2) is 0 Å². The zero-order valence-corrected chi connectivity index (χ0v) is 20.0. The number of aromatic nitrogens is 2.